The third-order valence-corrected chi connectivity index (χ3v) is 6.52. The number of nitrogens with zero attached hydrogens (tertiary/aromatic N) is 2. The molecule has 0 saturated heterocycles. The van der Waals surface area contributed by atoms with E-state index in [1.165, 1.54) is 11.6 Å². The van der Waals surface area contributed by atoms with Crippen molar-refractivity contribution in [3.05, 3.63) is 101 Å². The summed E-state index contributed by atoms with van der Waals surface area (Å²) < 4.78 is 15.7. The van der Waals surface area contributed by atoms with Crippen LogP contribution < -0.4 is 16.0 Å². The number of fused-ring (bicyclic) bond motifs is 1. The molecule has 0 spiro atoms. The van der Waals surface area contributed by atoms with Gasteiger partial charge in [-0.1, -0.05) is 48.5 Å². The van der Waals surface area contributed by atoms with Gasteiger partial charge in [-0.05, 0) is 82.8 Å². The molecule has 1 unspecified atom stereocenters. The highest BCUT2D eigenvalue weighted by Crippen LogP contribution is 2.40. The number of halogens is 1. The first kappa shape index (κ1) is 28.9. The maximum atomic E-state index is 15.7. The fourth-order valence-electron chi connectivity index (χ4n) is 4.76. The number of carbonyl (C=O) groups excluding carboxylic acids is 1. The number of amides is 1. The molecule has 1 heterocycles. The van der Waals surface area contributed by atoms with Crippen LogP contribution in [-0.4, -0.2) is 43.3 Å². The molecule has 0 aliphatic carbocycles. The fraction of sp³-hybridized carbons (Fsp3) is 0.273. The minimum atomic E-state index is -0.419. The quantitative estimate of drug-likeness (QED) is 0.200. The van der Waals surface area contributed by atoms with E-state index in [1.54, 1.807) is 12.3 Å². The lowest BCUT2D eigenvalue weighted by Gasteiger charge is -2.16. The molecule has 6 nitrogen and oxygen atoms in total. The number of allylic oxidation sites excluding steroid dienone is 2. The van der Waals surface area contributed by atoms with Gasteiger partial charge in [0.25, 0.3) is 5.91 Å². The van der Waals surface area contributed by atoms with Gasteiger partial charge in [0.05, 0.1) is 17.4 Å². The third kappa shape index (κ3) is 6.92. The monoisotopic (exact) mass is 539 g/mol. The second-order valence-corrected chi connectivity index (χ2v) is 10.5. The van der Waals surface area contributed by atoms with Crippen LogP contribution in [0.2, 0.25) is 0 Å². The number of rotatable bonds is 10. The normalized spacial score (nSPS) is 15.5. The molecule has 1 aliphatic rings. The average Bonchev–Trinajstić information content (AvgIpc) is 3.22. The molecule has 1 aliphatic heterocycles. The summed E-state index contributed by atoms with van der Waals surface area (Å²) in [5, 5.41) is 9.72. The van der Waals surface area contributed by atoms with Crippen LogP contribution in [-0.2, 0) is 11.3 Å². The van der Waals surface area contributed by atoms with Crippen molar-refractivity contribution in [1.29, 1.82) is 0 Å². The molecular formula is C33H38FN5O. The Bertz CT molecular complexity index is 1440. The minimum Gasteiger partial charge on any atom is -0.354 e. The van der Waals surface area contributed by atoms with Gasteiger partial charge in [0.15, 0.2) is 0 Å². The van der Waals surface area contributed by atoms with E-state index in [2.05, 4.69) is 51.8 Å². The number of nitrogens with one attached hydrogen (secondary N) is 3. The zero-order valence-electron chi connectivity index (χ0n) is 24.0. The van der Waals surface area contributed by atoms with Crippen molar-refractivity contribution in [2.75, 3.05) is 24.7 Å². The standard InChI is InChI=1S/C33H38FN5O/c1-7-24(19-35-22(4)36-21(2)3)27-18-30-28(17-29(27)34)31(33(40)38-30)32(25-11-9-8-10-12-25)37-26-15-13-23(14-16-26)20-39(5)6/h7-19,21-22,36-37H,20H2,1-6H3,(H,38,40)/b24-7+,32-31-,35-19-. The van der Waals surface area contributed by atoms with Crippen molar-refractivity contribution in [3.8, 4) is 0 Å². The second-order valence-electron chi connectivity index (χ2n) is 10.5. The van der Waals surface area contributed by atoms with Gasteiger partial charge in [0.2, 0.25) is 0 Å². The van der Waals surface area contributed by atoms with Gasteiger partial charge in [0, 0.05) is 41.3 Å². The molecule has 1 amide bonds. The predicted octanol–water partition coefficient (Wildman–Crippen LogP) is 6.64. The molecule has 0 aromatic heterocycles. The number of hydrogen-bond donors (Lipinski definition) is 3. The molecule has 3 N–H and O–H groups in total. The first-order valence-corrected chi connectivity index (χ1v) is 13.6. The van der Waals surface area contributed by atoms with Gasteiger partial charge in [0.1, 0.15) is 5.82 Å². The van der Waals surface area contributed by atoms with Crippen LogP contribution in [0.15, 0.2) is 77.8 Å². The van der Waals surface area contributed by atoms with Crippen LogP contribution in [0.25, 0.3) is 16.8 Å². The molecule has 3 aromatic rings. The lowest BCUT2D eigenvalue weighted by molar-refractivity contribution is -0.110. The SMILES string of the molecule is C/C=C(\C=N/C(C)NC(C)C)c1cc2c(cc1F)/C(=C(/Nc1ccc(CN(C)C)cc1)c1ccccc1)C(=O)N2. The van der Waals surface area contributed by atoms with E-state index in [-0.39, 0.29) is 18.1 Å². The van der Waals surface area contributed by atoms with E-state index in [4.69, 9.17) is 0 Å². The maximum absolute atomic E-state index is 15.7. The molecule has 0 fully saturated rings. The highest BCUT2D eigenvalue weighted by molar-refractivity contribution is 6.37. The van der Waals surface area contributed by atoms with Crippen LogP contribution in [0.5, 0.6) is 0 Å². The second kappa shape index (κ2) is 12.9. The van der Waals surface area contributed by atoms with Gasteiger partial charge in [-0.25, -0.2) is 4.39 Å². The Morgan fingerprint density at radius 1 is 1.05 bits per heavy atom. The summed E-state index contributed by atoms with van der Waals surface area (Å²) in [6.07, 6.45) is 3.38. The Morgan fingerprint density at radius 3 is 2.38 bits per heavy atom. The lowest BCUT2D eigenvalue weighted by Crippen LogP contribution is -2.30. The van der Waals surface area contributed by atoms with E-state index in [1.807, 2.05) is 76.5 Å². The van der Waals surface area contributed by atoms with Gasteiger partial charge in [-0.2, -0.15) is 0 Å². The van der Waals surface area contributed by atoms with Crippen molar-refractivity contribution >= 4 is 40.3 Å². The number of aliphatic imine (C=N–C) groups is 1. The van der Waals surface area contributed by atoms with Crippen LogP contribution >= 0.6 is 0 Å². The Labute approximate surface area is 236 Å². The van der Waals surface area contributed by atoms with E-state index < -0.39 is 5.82 Å². The van der Waals surface area contributed by atoms with E-state index >= 15 is 4.39 Å². The Balaban J connectivity index is 1.75. The molecule has 208 valence electrons. The fourth-order valence-corrected chi connectivity index (χ4v) is 4.76. The van der Waals surface area contributed by atoms with Crippen molar-refractivity contribution < 1.29 is 9.18 Å². The van der Waals surface area contributed by atoms with Crippen LogP contribution in [0.4, 0.5) is 15.8 Å². The summed E-state index contributed by atoms with van der Waals surface area (Å²) in [5.41, 5.74) is 5.97. The van der Waals surface area contributed by atoms with Crippen LogP contribution in [0.3, 0.4) is 0 Å². The van der Waals surface area contributed by atoms with Crippen LogP contribution in [0.1, 0.15) is 49.9 Å². The molecular weight excluding hydrogens is 501 g/mol. The van der Waals surface area contributed by atoms with Crippen LogP contribution in [0, 0.1) is 5.82 Å². The first-order chi connectivity index (χ1) is 19.2. The summed E-state index contributed by atoms with van der Waals surface area (Å²) >= 11 is 0. The Morgan fingerprint density at radius 2 is 1.75 bits per heavy atom. The highest BCUT2D eigenvalue weighted by atomic mass is 19.1. The van der Waals surface area contributed by atoms with Crippen molar-refractivity contribution in [3.63, 3.8) is 0 Å². The molecule has 0 radical (unpaired) electrons. The first-order valence-electron chi connectivity index (χ1n) is 13.6. The molecule has 1 atom stereocenters. The molecule has 0 bridgehead atoms. The van der Waals surface area contributed by atoms with Crippen molar-refractivity contribution in [2.45, 2.75) is 46.4 Å². The summed E-state index contributed by atoms with van der Waals surface area (Å²) in [6, 6.07) is 21.1. The summed E-state index contributed by atoms with van der Waals surface area (Å²) in [7, 11) is 4.06. The maximum Gasteiger partial charge on any atom is 0.258 e. The number of carbonyl (C=O) groups is 1. The van der Waals surface area contributed by atoms with Gasteiger partial charge < -0.3 is 15.5 Å². The largest absolute Gasteiger partial charge is 0.354 e. The summed E-state index contributed by atoms with van der Waals surface area (Å²) in [4.78, 5) is 20.0. The average molecular weight is 540 g/mol. The molecule has 3 aromatic carbocycles. The molecule has 4 rings (SSSR count). The summed E-state index contributed by atoms with van der Waals surface area (Å²) in [5.74, 6) is -0.704. The Kier molecular flexibility index (Phi) is 9.30. The van der Waals surface area contributed by atoms with E-state index in [0.29, 0.717) is 33.7 Å². The highest BCUT2D eigenvalue weighted by Gasteiger charge is 2.30. The van der Waals surface area contributed by atoms with E-state index in [0.717, 1.165) is 17.8 Å². The molecule has 0 saturated carbocycles. The Hall–Kier alpha value is -4.07. The van der Waals surface area contributed by atoms with Crippen molar-refractivity contribution in [2.24, 2.45) is 4.99 Å². The summed E-state index contributed by atoms with van der Waals surface area (Å²) in [6.45, 7) is 8.73. The third-order valence-electron chi connectivity index (χ3n) is 6.52. The van der Waals surface area contributed by atoms with Gasteiger partial charge in [-0.3, -0.25) is 15.1 Å². The van der Waals surface area contributed by atoms with Gasteiger partial charge >= 0.3 is 0 Å². The number of hydrogen-bond acceptors (Lipinski definition) is 5. The van der Waals surface area contributed by atoms with Gasteiger partial charge in [-0.15, -0.1) is 0 Å². The van der Waals surface area contributed by atoms with E-state index in [9.17, 15) is 4.79 Å². The zero-order valence-corrected chi connectivity index (χ0v) is 24.0. The lowest BCUT2D eigenvalue weighted by atomic mass is 9.96. The number of anilines is 2. The smallest absolute Gasteiger partial charge is 0.258 e. The predicted molar refractivity (Wildman–Crippen MR) is 166 cm³/mol. The number of benzene rings is 3. The zero-order chi connectivity index (χ0) is 28.8. The topological polar surface area (TPSA) is 68.8 Å². The minimum absolute atomic E-state index is 0.113. The molecule has 40 heavy (non-hydrogen) atoms. The van der Waals surface area contributed by atoms with Crippen molar-refractivity contribution in [1.82, 2.24) is 10.2 Å². The molecule has 7 heteroatoms.